The zero-order chi connectivity index (χ0) is 15.0. The van der Waals surface area contributed by atoms with E-state index in [1.807, 2.05) is 6.92 Å². The zero-order valence-corrected chi connectivity index (χ0v) is 12.2. The van der Waals surface area contributed by atoms with Gasteiger partial charge in [-0.1, -0.05) is 0 Å². The van der Waals surface area contributed by atoms with Crippen LogP contribution in [0.5, 0.6) is 0 Å². The summed E-state index contributed by atoms with van der Waals surface area (Å²) in [5, 5.41) is 5.93. The Kier molecular flexibility index (Phi) is 6.83. The Bertz CT molecular complexity index is 438. The summed E-state index contributed by atoms with van der Waals surface area (Å²) < 4.78 is 10.3. The molecule has 0 saturated carbocycles. The summed E-state index contributed by atoms with van der Waals surface area (Å²) in [6, 6.07) is 5.15. The van der Waals surface area contributed by atoms with E-state index in [2.05, 4.69) is 10.6 Å². The van der Waals surface area contributed by atoms with Crippen LogP contribution < -0.4 is 16.4 Å². The van der Waals surface area contributed by atoms with Gasteiger partial charge < -0.3 is 25.8 Å². The number of ether oxygens (including phenoxy) is 2. The maximum atomic E-state index is 11.8. The number of amides is 1. The van der Waals surface area contributed by atoms with E-state index in [4.69, 9.17) is 15.2 Å². The summed E-state index contributed by atoms with van der Waals surface area (Å²) in [5.41, 5.74) is 7.78. The van der Waals surface area contributed by atoms with Crippen LogP contribution >= 0.6 is 0 Å². The molecule has 0 aromatic heterocycles. The van der Waals surface area contributed by atoms with E-state index in [0.717, 1.165) is 0 Å². The van der Waals surface area contributed by atoms with Crippen molar-refractivity contribution in [2.24, 2.45) is 0 Å². The largest absolute Gasteiger partial charge is 0.397 e. The lowest BCUT2D eigenvalue weighted by Crippen LogP contribution is -2.27. The smallest absolute Gasteiger partial charge is 0.251 e. The number of carbonyl (C=O) groups is 1. The van der Waals surface area contributed by atoms with Gasteiger partial charge in [-0.15, -0.1) is 0 Å². The van der Waals surface area contributed by atoms with Gasteiger partial charge in [0, 0.05) is 32.9 Å². The van der Waals surface area contributed by atoms with Gasteiger partial charge in [0.2, 0.25) is 0 Å². The molecule has 0 saturated heterocycles. The van der Waals surface area contributed by atoms with E-state index in [-0.39, 0.29) is 12.0 Å². The molecule has 1 amide bonds. The van der Waals surface area contributed by atoms with Gasteiger partial charge in [0.1, 0.15) is 0 Å². The Morgan fingerprint density at radius 3 is 2.75 bits per heavy atom. The number of nitrogens with one attached hydrogen (secondary N) is 2. The highest BCUT2D eigenvalue weighted by Crippen LogP contribution is 2.20. The fraction of sp³-hybridized carbons (Fsp3) is 0.500. The first-order valence-electron chi connectivity index (χ1n) is 6.55. The van der Waals surface area contributed by atoms with Crippen molar-refractivity contribution in [3.8, 4) is 0 Å². The van der Waals surface area contributed by atoms with Crippen molar-refractivity contribution in [2.75, 3.05) is 45.0 Å². The van der Waals surface area contributed by atoms with E-state index >= 15 is 0 Å². The van der Waals surface area contributed by atoms with Crippen LogP contribution in [-0.4, -0.2) is 45.9 Å². The van der Waals surface area contributed by atoms with Crippen LogP contribution in [0, 0.1) is 0 Å². The van der Waals surface area contributed by atoms with Crippen molar-refractivity contribution in [3.63, 3.8) is 0 Å². The van der Waals surface area contributed by atoms with E-state index in [0.29, 0.717) is 36.6 Å². The van der Waals surface area contributed by atoms with Crippen LogP contribution in [0.2, 0.25) is 0 Å². The van der Waals surface area contributed by atoms with Crippen molar-refractivity contribution in [3.05, 3.63) is 23.8 Å². The van der Waals surface area contributed by atoms with Crippen molar-refractivity contribution in [1.29, 1.82) is 0 Å². The molecule has 20 heavy (non-hydrogen) atoms. The average molecular weight is 281 g/mol. The first kappa shape index (κ1) is 16.3. The molecule has 0 bridgehead atoms. The number of nitrogen functional groups attached to an aromatic ring is 1. The molecule has 0 aliphatic rings. The SMILES string of the molecule is CCNC(=O)c1ccc(N)c(NCC(COC)OC)c1. The lowest BCUT2D eigenvalue weighted by atomic mass is 10.1. The molecule has 1 aromatic rings. The molecule has 0 aliphatic heterocycles. The van der Waals surface area contributed by atoms with Gasteiger partial charge in [0.25, 0.3) is 5.91 Å². The predicted molar refractivity (Wildman–Crippen MR) is 80.0 cm³/mol. The highest BCUT2D eigenvalue weighted by molar-refractivity contribution is 5.96. The number of anilines is 2. The molecule has 0 heterocycles. The van der Waals surface area contributed by atoms with Crippen LogP contribution in [0.4, 0.5) is 11.4 Å². The lowest BCUT2D eigenvalue weighted by molar-refractivity contribution is 0.0366. The van der Waals surface area contributed by atoms with E-state index in [9.17, 15) is 4.79 Å². The quantitative estimate of drug-likeness (QED) is 0.621. The third kappa shape index (κ3) is 4.71. The van der Waals surface area contributed by atoms with E-state index in [1.165, 1.54) is 0 Å². The minimum atomic E-state index is -0.115. The topological polar surface area (TPSA) is 85.6 Å². The summed E-state index contributed by atoms with van der Waals surface area (Å²) in [6.45, 7) is 3.50. The number of carbonyl (C=O) groups excluding carboxylic acids is 1. The average Bonchev–Trinajstić information content (AvgIpc) is 2.45. The van der Waals surface area contributed by atoms with Gasteiger partial charge in [-0.25, -0.2) is 0 Å². The fourth-order valence-electron chi connectivity index (χ4n) is 1.73. The summed E-state index contributed by atoms with van der Waals surface area (Å²) in [7, 11) is 3.25. The lowest BCUT2D eigenvalue weighted by Gasteiger charge is -2.17. The van der Waals surface area contributed by atoms with Crippen LogP contribution in [0.3, 0.4) is 0 Å². The molecular weight excluding hydrogens is 258 g/mol. The highest BCUT2D eigenvalue weighted by atomic mass is 16.5. The second-order valence-electron chi connectivity index (χ2n) is 4.36. The normalized spacial score (nSPS) is 11.9. The molecule has 1 unspecified atom stereocenters. The molecule has 4 N–H and O–H groups in total. The van der Waals surface area contributed by atoms with E-state index in [1.54, 1.807) is 32.4 Å². The fourth-order valence-corrected chi connectivity index (χ4v) is 1.73. The number of methoxy groups -OCH3 is 2. The third-order valence-corrected chi connectivity index (χ3v) is 2.86. The van der Waals surface area contributed by atoms with Crippen LogP contribution in [0.25, 0.3) is 0 Å². The second-order valence-corrected chi connectivity index (χ2v) is 4.36. The molecule has 6 nitrogen and oxygen atoms in total. The molecule has 1 rings (SSSR count). The zero-order valence-electron chi connectivity index (χ0n) is 12.2. The minimum Gasteiger partial charge on any atom is -0.397 e. The van der Waals surface area contributed by atoms with Gasteiger partial charge in [0.15, 0.2) is 0 Å². The monoisotopic (exact) mass is 281 g/mol. The Hall–Kier alpha value is -1.79. The number of rotatable bonds is 8. The molecule has 6 heteroatoms. The second kappa shape index (κ2) is 8.39. The Morgan fingerprint density at radius 1 is 1.40 bits per heavy atom. The number of hydrogen-bond donors (Lipinski definition) is 3. The predicted octanol–water partition coefficient (Wildman–Crippen LogP) is 1.09. The number of nitrogens with two attached hydrogens (primary N) is 1. The third-order valence-electron chi connectivity index (χ3n) is 2.86. The molecule has 0 fully saturated rings. The molecule has 1 aromatic carbocycles. The van der Waals surface area contributed by atoms with Gasteiger partial charge in [-0.2, -0.15) is 0 Å². The van der Waals surface area contributed by atoms with Crippen molar-refractivity contribution < 1.29 is 14.3 Å². The summed E-state index contributed by atoms with van der Waals surface area (Å²) in [6.07, 6.45) is -0.0764. The molecule has 112 valence electrons. The van der Waals surface area contributed by atoms with Gasteiger partial charge >= 0.3 is 0 Å². The van der Waals surface area contributed by atoms with Crippen LogP contribution in [0.1, 0.15) is 17.3 Å². The van der Waals surface area contributed by atoms with Crippen LogP contribution in [-0.2, 0) is 9.47 Å². The maximum Gasteiger partial charge on any atom is 0.251 e. The molecule has 1 atom stereocenters. The molecule has 0 aliphatic carbocycles. The summed E-state index contributed by atoms with van der Waals surface area (Å²) >= 11 is 0. The van der Waals surface area contributed by atoms with E-state index < -0.39 is 0 Å². The Balaban J connectivity index is 2.73. The first-order valence-corrected chi connectivity index (χ1v) is 6.55. The molecule has 0 radical (unpaired) electrons. The van der Waals surface area contributed by atoms with Gasteiger partial charge in [-0.3, -0.25) is 4.79 Å². The summed E-state index contributed by atoms with van der Waals surface area (Å²) in [4.78, 5) is 11.8. The van der Waals surface area contributed by atoms with Crippen molar-refractivity contribution >= 4 is 17.3 Å². The Morgan fingerprint density at radius 2 is 2.15 bits per heavy atom. The first-order chi connectivity index (χ1) is 9.62. The summed E-state index contributed by atoms with van der Waals surface area (Å²) in [5.74, 6) is -0.115. The standard InChI is InChI=1S/C14H23N3O3/c1-4-16-14(18)10-5-6-12(15)13(7-10)17-8-11(20-3)9-19-2/h5-7,11,17H,4,8-9,15H2,1-3H3,(H,16,18). The van der Waals surface area contributed by atoms with Crippen molar-refractivity contribution in [1.82, 2.24) is 5.32 Å². The van der Waals surface area contributed by atoms with Crippen LogP contribution in [0.15, 0.2) is 18.2 Å². The molecular formula is C14H23N3O3. The minimum absolute atomic E-state index is 0.0764. The van der Waals surface area contributed by atoms with Gasteiger partial charge in [-0.05, 0) is 25.1 Å². The maximum absolute atomic E-state index is 11.8. The molecule has 0 spiro atoms. The van der Waals surface area contributed by atoms with Gasteiger partial charge in [0.05, 0.1) is 24.1 Å². The highest BCUT2D eigenvalue weighted by Gasteiger charge is 2.10. The Labute approximate surface area is 119 Å². The van der Waals surface area contributed by atoms with Crippen molar-refractivity contribution in [2.45, 2.75) is 13.0 Å². The number of hydrogen-bond acceptors (Lipinski definition) is 5. The number of benzene rings is 1.